The zero-order valence-electron chi connectivity index (χ0n) is 24.6. The van der Waals surface area contributed by atoms with Gasteiger partial charge in [0, 0.05) is 25.1 Å². The number of aromatic nitrogens is 3. The van der Waals surface area contributed by atoms with Crippen LogP contribution >= 0.6 is 11.3 Å². The number of aliphatic hydroxyl groups is 2. The van der Waals surface area contributed by atoms with Crippen LogP contribution in [0.15, 0.2) is 24.3 Å². The number of aryl methyl sites for hydroxylation is 1. The molecule has 0 bridgehead atoms. The number of thiazole rings is 1. The Labute approximate surface area is 258 Å². The molecule has 16 heteroatoms. The lowest BCUT2D eigenvalue weighted by molar-refractivity contribution is -0.117. The molecule has 3 heterocycles. The fraction of sp³-hybridized carbons (Fsp3) is 0.429. The maximum absolute atomic E-state index is 13.4. The van der Waals surface area contributed by atoms with Gasteiger partial charge in [-0.2, -0.15) is 0 Å². The fourth-order valence-electron chi connectivity index (χ4n) is 4.88. The van der Waals surface area contributed by atoms with Gasteiger partial charge in [0.2, 0.25) is 5.91 Å². The normalized spacial score (nSPS) is 18.5. The van der Waals surface area contributed by atoms with Gasteiger partial charge < -0.3 is 40.5 Å². The fourth-order valence-corrected chi connectivity index (χ4v) is 5.94. The molecule has 14 nitrogen and oxygen atoms in total. The van der Waals surface area contributed by atoms with Crippen molar-refractivity contribution in [1.82, 2.24) is 25.4 Å². The molecule has 2 fully saturated rings. The van der Waals surface area contributed by atoms with Crippen molar-refractivity contribution in [3.63, 3.8) is 0 Å². The molecule has 230 valence electrons. The molecular weight excluding hydrogens is 589 g/mol. The molecule has 2 aromatic heterocycles. The van der Waals surface area contributed by atoms with Crippen molar-refractivity contribution in [2.24, 2.45) is 5.92 Å². The number of nitrogens with zero attached hydrogens (tertiary/aromatic N) is 4. The number of amides is 3. The summed E-state index contributed by atoms with van der Waals surface area (Å²) in [7, 11) is 6.60. The van der Waals surface area contributed by atoms with Crippen molar-refractivity contribution in [1.29, 1.82) is 0 Å². The Morgan fingerprint density at radius 1 is 1.14 bits per heavy atom. The molecule has 1 saturated carbocycles. The number of para-hydroxylation sites is 1. The first-order chi connectivity index (χ1) is 20.8. The predicted molar refractivity (Wildman–Crippen MR) is 162 cm³/mol. The van der Waals surface area contributed by atoms with Crippen LogP contribution in [0, 0.1) is 12.8 Å². The number of nitrogens with one attached hydrogen (secondary N) is 3. The van der Waals surface area contributed by atoms with Gasteiger partial charge in [-0.25, -0.2) is 4.98 Å². The second-order valence-electron chi connectivity index (χ2n) is 10.8. The van der Waals surface area contributed by atoms with Gasteiger partial charge in [0.15, 0.2) is 30.9 Å². The quantitative estimate of drug-likeness (QED) is 0.173. The summed E-state index contributed by atoms with van der Waals surface area (Å²) < 4.78 is 11.5. The minimum absolute atomic E-state index is 0.0602. The Bertz CT molecular complexity index is 1580. The lowest BCUT2D eigenvalue weighted by atomic mass is 10.0. The summed E-state index contributed by atoms with van der Waals surface area (Å²) in [5, 5.41) is 34.9. The van der Waals surface area contributed by atoms with Crippen molar-refractivity contribution < 1.29 is 34.1 Å². The molecule has 2 unspecified atom stereocenters. The minimum Gasteiger partial charge on any atom is -0.494 e. The Balaban J connectivity index is 1.48. The van der Waals surface area contributed by atoms with E-state index >= 15 is 0 Å². The molecule has 5 rings (SSSR count). The minimum atomic E-state index is -3.01. The molecule has 5 N–H and O–H groups in total. The molecule has 2 atom stereocenters. The van der Waals surface area contributed by atoms with Gasteiger partial charge in [-0.05, 0) is 45.7 Å². The van der Waals surface area contributed by atoms with E-state index in [0.717, 1.165) is 12.8 Å². The third-order valence-electron chi connectivity index (χ3n) is 6.92. The number of morpholine rings is 1. The Kier molecular flexibility index (Phi) is 8.88. The van der Waals surface area contributed by atoms with Crippen LogP contribution in [-0.4, -0.2) is 94.1 Å². The summed E-state index contributed by atoms with van der Waals surface area (Å²) in [6, 6.07) is 6.59. The number of methoxy groups -OCH3 is 1. The third-order valence-corrected chi connectivity index (χ3v) is 8.10. The number of rotatable bonds is 9. The summed E-state index contributed by atoms with van der Waals surface area (Å²) >= 11 is 1.24. The maximum Gasteiger partial charge on any atom is 0.277 e. The Morgan fingerprint density at radius 3 is 2.48 bits per heavy atom. The van der Waals surface area contributed by atoms with E-state index in [4.69, 9.17) is 17.3 Å². The highest BCUT2D eigenvalue weighted by Crippen LogP contribution is 2.41. The summed E-state index contributed by atoms with van der Waals surface area (Å²) in [5.41, 5.74) is 1.26. The van der Waals surface area contributed by atoms with E-state index in [2.05, 4.69) is 25.8 Å². The lowest BCUT2D eigenvalue weighted by Gasteiger charge is -2.35. The average Bonchev–Trinajstić information content (AvgIpc) is 3.73. The standard InChI is InChI=1S/C28H32BN7O7S/c1-13-11-36(12-14(2)43-13)27(39)23-15(3)30-26(44-23)17-6-5-7-18(22(17)42-4)31-19-10-20(32-24(37)16-8-9-16)34-35-21(19)25(38)33-28(29,40)41/h5-7,10,13-14,16,40-41H,8-9,11-12H2,1-4H3,(H,33,38)(H2,31,32,34,37). The van der Waals surface area contributed by atoms with Crippen molar-refractivity contribution in [2.75, 3.05) is 30.8 Å². The van der Waals surface area contributed by atoms with Crippen LogP contribution in [-0.2, 0) is 9.53 Å². The molecule has 1 aliphatic heterocycles. The highest BCUT2D eigenvalue weighted by Gasteiger charge is 2.32. The molecule has 0 spiro atoms. The van der Waals surface area contributed by atoms with Gasteiger partial charge in [0.25, 0.3) is 11.8 Å². The van der Waals surface area contributed by atoms with Crippen LogP contribution in [0.3, 0.4) is 0 Å². The molecule has 3 amide bonds. The SMILES string of the molecule is [B]C(O)(O)NC(=O)c1nnc(NC(=O)C2CC2)cc1Nc1cccc(-c2nc(C)c(C(=O)N3CC(C)OC(C)C3)s2)c1OC. The molecule has 2 aliphatic rings. The first-order valence-corrected chi connectivity index (χ1v) is 14.8. The number of hydrogen-bond acceptors (Lipinski definition) is 12. The van der Waals surface area contributed by atoms with Gasteiger partial charge in [0.1, 0.15) is 9.88 Å². The van der Waals surface area contributed by atoms with E-state index in [1.807, 2.05) is 13.8 Å². The van der Waals surface area contributed by atoms with Crippen molar-refractivity contribution >= 4 is 54.1 Å². The van der Waals surface area contributed by atoms with Crippen LogP contribution in [0.4, 0.5) is 17.2 Å². The van der Waals surface area contributed by atoms with Gasteiger partial charge in [0.05, 0.1) is 41.9 Å². The molecule has 1 aromatic carbocycles. The third kappa shape index (κ3) is 7.15. The maximum atomic E-state index is 13.4. The zero-order chi connectivity index (χ0) is 31.8. The van der Waals surface area contributed by atoms with Gasteiger partial charge >= 0.3 is 0 Å². The predicted octanol–water partition coefficient (Wildman–Crippen LogP) is 1.75. The van der Waals surface area contributed by atoms with Crippen molar-refractivity contribution in [3.05, 3.63) is 40.5 Å². The van der Waals surface area contributed by atoms with Gasteiger partial charge in [-0.1, -0.05) is 6.07 Å². The molecule has 3 aromatic rings. The van der Waals surface area contributed by atoms with E-state index in [9.17, 15) is 24.6 Å². The molecule has 1 saturated heterocycles. The van der Waals surface area contributed by atoms with Crippen molar-refractivity contribution in [3.8, 4) is 16.3 Å². The number of hydrogen-bond donors (Lipinski definition) is 5. The summed E-state index contributed by atoms with van der Waals surface area (Å²) in [5.74, 6) is -4.09. The van der Waals surface area contributed by atoms with Gasteiger partial charge in [-0.3, -0.25) is 14.4 Å². The molecule has 2 radical (unpaired) electrons. The van der Waals surface area contributed by atoms with E-state index in [-0.39, 0.29) is 47.1 Å². The summed E-state index contributed by atoms with van der Waals surface area (Å²) in [6.45, 7) is 6.61. The van der Waals surface area contributed by atoms with E-state index in [0.29, 0.717) is 45.7 Å². The van der Waals surface area contributed by atoms with Crippen molar-refractivity contribution in [2.45, 2.75) is 51.6 Å². The average molecular weight is 621 g/mol. The first-order valence-electron chi connectivity index (χ1n) is 13.9. The monoisotopic (exact) mass is 621 g/mol. The lowest BCUT2D eigenvalue weighted by Crippen LogP contribution is -2.49. The Morgan fingerprint density at radius 2 is 1.84 bits per heavy atom. The number of anilines is 3. The van der Waals surface area contributed by atoms with E-state index in [1.165, 1.54) is 24.5 Å². The second-order valence-corrected chi connectivity index (χ2v) is 11.8. The number of ether oxygens (including phenoxy) is 2. The summed E-state index contributed by atoms with van der Waals surface area (Å²) in [4.78, 5) is 45.6. The smallest absolute Gasteiger partial charge is 0.277 e. The Hall–Kier alpha value is -4.12. The molecule has 44 heavy (non-hydrogen) atoms. The number of benzene rings is 1. The highest BCUT2D eigenvalue weighted by atomic mass is 32.1. The van der Waals surface area contributed by atoms with Crippen LogP contribution in [0.2, 0.25) is 0 Å². The topological polar surface area (TPSA) is 188 Å². The summed E-state index contributed by atoms with van der Waals surface area (Å²) in [6.07, 6.45) is 1.39. The molecular formula is C28H32BN7O7S. The number of carbonyl (C=O) groups excluding carboxylic acids is 3. The van der Waals surface area contributed by atoms with Crippen LogP contribution < -0.4 is 20.7 Å². The van der Waals surface area contributed by atoms with Gasteiger partial charge in [-0.15, -0.1) is 21.5 Å². The van der Waals surface area contributed by atoms with Crippen LogP contribution in [0.5, 0.6) is 5.75 Å². The van der Waals surface area contributed by atoms with E-state index < -0.39 is 11.7 Å². The largest absolute Gasteiger partial charge is 0.494 e. The van der Waals surface area contributed by atoms with Crippen LogP contribution in [0.1, 0.15) is 52.5 Å². The zero-order valence-corrected chi connectivity index (χ0v) is 25.4. The highest BCUT2D eigenvalue weighted by molar-refractivity contribution is 7.17. The van der Waals surface area contributed by atoms with E-state index in [1.54, 1.807) is 35.3 Å². The van der Waals surface area contributed by atoms with Crippen LogP contribution in [0.25, 0.3) is 10.6 Å². The first kappa shape index (κ1) is 31.3. The second kappa shape index (κ2) is 12.5. The number of carbonyl (C=O) groups is 3. The molecule has 1 aliphatic carbocycles.